The molecule has 0 unspecified atom stereocenters. The van der Waals surface area contributed by atoms with Crippen molar-refractivity contribution in [3.63, 3.8) is 0 Å². The van der Waals surface area contributed by atoms with E-state index in [0.29, 0.717) is 47.2 Å². The number of hydrogen-bond donors (Lipinski definition) is 0. The molecule has 0 spiro atoms. The molecule has 0 bridgehead atoms. The molecule has 6 aromatic rings. The van der Waals surface area contributed by atoms with Crippen molar-refractivity contribution in [2.45, 2.75) is 25.5 Å². The topological polar surface area (TPSA) is 95.8 Å². The van der Waals surface area contributed by atoms with Crippen LogP contribution >= 0.6 is 11.3 Å². The van der Waals surface area contributed by atoms with E-state index >= 15 is 4.39 Å². The van der Waals surface area contributed by atoms with E-state index in [9.17, 15) is 14.0 Å². The molecule has 1 saturated heterocycles. The van der Waals surface area contributed by atoms with Crippen LogP contribution in [0.1, 0.15) is 27.0 Å². The molecule has 2 aromatic carbocycles. The third kappa shape index (κ3) is 6.17. The van der Waals surface area contributed by atoms with E-state index in [1.807, 2.05) is 18.3 Å². The number of likely N-dealkylation sites (tertiary alicyclic amines) is 1. The molecule has 1 fully saturated rings. The number of pyridine rings is 3. The van der Waals surface area contributed by atoms with Crippen LogP contribution in [0.25, 0.3) is 26.5 Å². The number of halogens is 2. The standard InChI is InChI=1S/C38H30F2N4O5S/c1-47-27-20-43(21-27)18-23-2-8-29(42-17-23)34-16-30-37(50-34)33(10-12-41-30)49-32-9-3-22(14-28(32)40)15-31(45)35-36-24(11-13-48-36)19-44(38(35)46)26-6-4-25(39)5-7-26/h2-10,12,14,16-17,19,27H,11,13,15,18,20-21H2,1H3. The van der Waals surface area contributed by atoms with Crippen LogP contribution in [0.5, 0.6) is 17.2 Å². The fourth-order valence-electron chi connectivity index (χ4n) is 6.27. The Morgan fingerprint density at radius 2 is 1.82 bits per heavy atom. The second-order valence-corrected chi connectivity index (χ2v) is 13.4. The fourth-order valence-corrected chi connectivity index (χ4v) is 7.31. The lowest BCUT2D eigenvalue weighted by molar-refractivity contribution is -0.0334. The zero-order valence-electron chi connectivity index (χ0n) is 26.9. The minimum Gasteiger partial charge on any atom is -0.492 e. The van der Waals surface area contributed by atoms with Crippen molar-refractivity contribution in [2.75, 3.05) is 26.8 Å². The third-order valence-corrected chi connectivity index (χ3v) is 10.1. The minimum atomic E-state index is -0.661. The maximum Gasteiger partial charge on any atom is 0.269 e. The van der Waals surface area contributed by atoms with Gasteiger partial charge in [0.15, 0.2) is 17.3 Å². The lowest BCUT2D eigenvalue weighted by Gasteiger charge is -2.38. The predicted molar refractivity (Wildman–Crippen MR) is 185 cm³/mol. The number of hydrogen-bond acceptors (Lipinski definition) is 9. The van der Waals surface area contributed by atoms with Crippen molar-refractivity contribution in [3.8, 4) is 33.5 Å². The van der Waals surface area contributed by atoms with Crippen LogP contribution in [-0.4, -0.2) is 58.1 Å². The van der Waals surface area contributed by atoms with Crippen LogP contribution in [0, 0.1) is 11.6 Å². The van der Waals surface area contributed by atoms with Gasteiger partial charge in [-0.05, 0) is 59.7 Å². The highest BCUT2D eigenvalue weighted by atomic mass is 32.1. The molecule has 4 aromatic heterocycles. The Labute approximate surface area is 289 Å². The first-order valence-electron chi connectivity index (χ1n) is 16.1. The van der Waals surface area contributed by atoms with Crippen LogP contribution < -0.4 is 15.0 Å². The number of methoxy groups -OCH3 is 1. The van der Waals surface area contributed by atoms with Crippen LogP contribution in [0.2, 0.25) is 0 Å². The Morgan fingerprint density at radius 1 is 1.00 bits per heavy atom. The van der Waals surface area contributed by atoms with Crippen molar-refractivity contribution < 1.29 is 27.8 Å². The molecular formula is C38H30F2N4O5S. The monoisotopic (exact) mass is 692 g/mol. The third-order valence-electron chi connectivity index (χ3n) is 8.93. The lowest BCUT2D eigenvalue weighted by atomic mass is 10.0. The zero-order valence-corrected chi connectivity index (χ0v) is 27.7. The molecule has 252 valence electrons. The van der Waals surface area contributed by atoms with Crippen LogP contribution in [0.15, 0.2) is 90.1 Å². The molecule has 2 aliphatic rings. The summed E-state index contributed by atoms with van der Waals surface area (Å²) >= 11 is 1.46. The highest BCUT2D eigenvalue weighted by Crippen LogP contribution is 2.39. The molecule has 50 heavy (non-hydrogen) atoms. The van der Waals surface area contributed by atoms with Gasteiger partial charge in [0.1, 0.15) is 22.9 Å². The molecule has 9 nitrogen and oxygen atoms in total. The van der Waals surface area contributed by atoms with Gasteiger partial charge in [-0.25, -0.2) is 8.78 Å². The number of nitrogens with zero attached hydrogens (tertiary/aromatic N) is 4. The van der Waals surface area contributed by atoms with Crippen molar-refractivity contribution in [3.05, 3.63) is 130 Å². The molecule has 0 radical (unpaired) electrons. The first-order valence-corrected chi connectivity index (χ1v) is 16.9. The number of Topliss-reactive ketones (excluding diaryl/α,β-unsaturated/α-hetero) is 1. The largest absolute Gasteiger partial charge is 0.492 e. The van der Waals surface area contributed by atoms with E-state index < -0.39 is 23.0 Å². The van der Waals surface area contributed by atoms with E-state index in [1.165, 1.54) is 52.3 Å². The number of aromatic nitrogens is 3. The zero-order chi connectivity index (χ0) is 34.4. The summed E-state index contributed by atoms with van der Waals surface area (Å²) in [5, 5.41) is 0. The molecule has 0 amide bonds. The molecule has 2 aliphatic heterocycles. The number of carbonyl (C=O) groups is 1. The maximum absolute atomic E-state index is 15.5. The van der Waals surface area contributed by atoms with E-state index in [4.69, 9.17) is 14.2 Å². The van der Waals surface area contributed by atoms with Crippen LogP contribution in [0.3, 0.4) is 0 Å². The quantitative estimate of drug-likeness (QED) is 0.145. The number of fused-ring (bicyclic) bond motifs is 2. The van der Waals surface area contributed by atoms with Gasteiger partial charge >= 0.3 is 0 Å². The Morgan fingerprint density at radius 3 is 2.58 bits per heavy atom. The summed E-state index contributed by atoms with van der Waals surface area (Å²) < 4.78 is 48.2. The highest BCUT2D eigenvalue weighted by molar-refractivity contribution is 7.22. The summed E-state index contributed by atoms with van der Waals surface area (Å²) in [6, 6.07) is 17.4. The molecule has 6 heterocycles. The summed E-state index contributed by atoms with van der Waals surface area (Å²) in [5.74, 6) is -0.948. The second-order valence-electron chi connectivity index (χ2n) is 12.3. The summed E-state index contributed by atoms with van der Waals surface area (Å²) in [6.45, 7) is 2.97. The van der Waals surface area contributed by atoms with Crippen molar-refractivity contribution in [1.82, 2.24) is 19.4 Å². The average Bonchev–Trinajstić information content (AvgIpc) is 3.76. The molecule has 0 saturated carbocycles. The van der Waals surface area contributed by atoms with Crippen molar-refractivity contribution in [1.29, 1.82) is 0 Å². The smallest absolute Gasteiger partial charge is 0.269 e. The van der Waals surface area contributed by atoms with Gasteiger partial charge in [0.05, 0.1) is 33.5 Å². The van der Waals surface area contributed by atoms with E-state index in [1.54, 1.807) is 31.6 Å². The molecule has 0 aliphatic carbocycles. The lowest BCUT2D eigenvalue weighted by Crippen LogP contribution is -2.50. The SMILES string of the molecule is COC1CN(Cc2ccc(-c3cc4nccc(Oc5ccc(CC(=O)c6c7c(cn(-c8ccc(F)cc8)c6=O)CCO7)cc5F)c4s3)nc2)C1. The molecule has 8 rings (SSSR count). The van der Waals surface area contributed by atoms with Gasteiger partial charge in [0.2, 0.25) is 0 Å². The Kier molecular flexibility index (Phi) is 8.43. The number of ketones is 1. The Balaban J connectivity index is 0.997. The molecule has 0 atom stereocenters. The number of thiophene rings is 1. The van der Waals surface area contributed by atoms with E-state index in [-0.39, 0.29) is 23.5 Å². The summed E-state index contributed by atoms with van der Waals surface area (Å²) in [5.41, 5.74) is 3.41. The van der Waals surface area contributed by atoms with Crippen molar-refractivity contribution in [2.24, 2.45) is 0 Å². The predicted octanol–water partition coefficient (Wildman–Crippen LogP) is 6.77. The first kappa shape index (κ1) is 31.9. The fraction of sp³-hybridized carbons (Fsp3) is 0.211. The Hall–Kier alpha value is -5.30. The summed E-state index contributed by atoms with van der Waals surface area (Å²) in [6.07, 6.45) is 5.69. The minimum absolute atomic E-state index is 0.0181. The van der Waals surface area contributed by atoms with Crippen molar-refractivity contribution >= 4 is 27.3 Å². The van der Waals surface area contributed by atoms with Gasteiger partial charge < -0.3 is 14.2 Å². The van der Waals surface area contributed by atoms with Crippen LogP contribution in [-0.2, 0) is 24.1 Å². The highest BCUT2D eigenvalue weighted by Gasteiger charge is 2.28. The number of rotatable bonds is 10. The van der Waals surface area contributed by atoms with Gasteiger partial charge in [-0.2, -0.15) is 0 Å². The molecule has 12 heteroatoms. The van der Waals surface area contributed by atoms with Gasteiger partial charge in [-0.15, -0.1) is 11.3 Å². The number of benzene rings is 2. The summed E-state index contributed by atoms with van der Waals surface area (Å²) in [7, 11) is 1.73. The maximum atomic E-state index is 15.5. The van der Waals surface area contributed by atoms with Gasteiger partial charge in [-0.1, -0.05) is 12.1 Å². The summed E-state index contributed by atoms with van der Waals surface area (Å²) in [4.78, 5) is 39.5. The van der Waals surface area contributed by atoms with Crippen LogP contribution in [0.4, 0.5) is 8.78 Å². The van der Waals surface area contributed by atoms with E-state index in [0.717, 1.165) is 40.5 Å². The Bertz CT molecular complexity index is 2300. The molecular weight excluding hydrogens is 663 g/mol. The average molecular weight is 693 g/mol. The van der Waals surface area contributed by atoms with E-state index in [2.05, 4.69) is 20.9 Å². The number of carbonyl (C=O) groups excluding carboxylic acids is 1. The second kappa shape index (κ2) is 13.2. The number of ether oxygens (including phenoxy) is 3. The normalized spacial score (nSPS) is 14.4. The molecule has 0 N–H and O–H groups in total. The first-order chi connectivity index (χ1) is 24.3. The van der Waals surface area contributed by atoms with Gasteiger partial charge in [0, 0.05) is 75.5 Å². The van der Waals surface area contributed by atoms with Gasteiger partial charge in [0.25, 0.3) is 5.56 Å². The van der Waals surface area contributed by atoms with Gasteiger partial charge in [-0.3, -0.25) is 29.0 Å².